The minimum absolute atomic E-state index is 0.0954. The Morgan fingerprint density at radius 3 is 2.44 bits per heavy atom. The van der Waals surface area contributed by atoms with E-state index in [4.69, 9.17) is 0 Å². The van der Waals surface area contributed by atoms with Crippen molar-refractivity contribution in [2.45, 2.75) is 38.8 Å². The van der Waals surface area contributed by atoms with Crippen LogP contribution >= 0.6 is 0 Å². The van der Waals surface area contributed by atoms with E-state index < -0.39 is 0 Å². The van der Waals surface area contributed by atoms with Crippen molar-refractivity contribution in [2.24, 2.45) is 5.92 Å². The summed E-state index contributed by atoms with van der Waals surface area (Å²) in [6, 6.07) is 17.9. The van der Waals surface area contributed by atoms with Gasteiger partial charge in [-0.2, -0.15) is 0 Å². The molecule has 3 aliphatic heterocycles. The van der Waals surface area contributed by atoms with Crippen molar-refractivity contribution >= 4 is 17.6 Å². The Morgan fingerprint density at radius 2 is 1.72 bits per heavy atom. The van der Waals surface area contributed by atoms with Crippen LogP contribution in [0.1, 0.15) is 18.1 Å². The van der Waals surface area contributed by atoms with Crippen molar-refractivity contribution in [1.29, 1.82) is 0 Å². The molecule has 2 aromatic rings. The molecule has 3 aliphatic rings. The van der Waals surface area contributed by atoms with Gasteiger partial charge in [0.1, 0.15) is 18.5 Å². The molecule has 2 aromatic carbocycles. The Labute approximate surface area is 189 Å². The fraction of sp³-hybridized carbons (Fsp3) is 0.440. The normalized spacial score (nSPS) is 28.2. The number of fused-ring (bicyclic) bond motifs is 3. The van der Waals surface area contributed by atoms with E-state index in [9.17, 15) is 9.59 Å². The average Bonchev–Trinajstić information content (AvgIpc) is 3.18. The molecule has 168 valence electrons. The van der Waals surface area contributed by atoms with E-state index in [2.05, 4.69) is 53.2 Å². The minimum atomic E-state index is -0.380. The summed E-state index contributed by atoms with van der Waals surface area (Å²) >= 11 is 0. The van der Waals surface area contributed by atoms with Crippen LogP contribution in [0.2, 0.25) is 0 Å². The molecule has 4 unspecified atom stereocenters. The predicted octanol–water partition coefficient (Wildman–Crippen LogP) is 2.47. The zero-order valence-electron chi connectivity index (χ0n) is 18.9. The third kappa shape index (κ3) is 3.55. The molecular formula is C25H31N5O2. The number of amides is 3. The van der Waals surface area contributed by atoms with Crippen LogP contribution < -0.4 is 10.2 Å². The summed E-state index contributed by atoms with van der Waals surface area (Å²) in [5.41, 5.74) is 3.47. The van der Waals surface area contributed by atoms with Gasteiger partial charge >= 0.3 is 6.03 Å². The van der Waals surface area contributed by atoms with Gasteiger partial charge in [-0.15, -0.1) is 0 Å². The van der Waals surface area contributed by atoms with E-state index in [1.807, 2.05) is 30.3 Å². The van der Waals surface area contributed by atoms with Crippen LogP contribution in [0.4, 0.5) is 10.5 Å². The fourth-order valence-electron chi connectivity index (χ4n) is 5.25. The molecule has 3 fully saturated rings. The second kappa shape index (κ2) is 8.22. The van der Waals surface area contributed by atoms with Crippen LogP contribution in [-0.2, 0) is 11.2 Å². The molecule has 32 heavy (non-hydrogen) atoms. The van der Waals surface area contributed by atoms with Crippen molar-refractivity contribution in [3.05, 3.63) is 65.7 Å². The van der Waals surface area contributed by atoms with Gasteiger partial charge in [-0.05, 0) is 37.0 Å². The number of benzene rings is 2. The van der Waals surface area contributed by atoms with E-state index in [0.29, 0.717) is 18.9 Å². The molecule has 0 aromatic heterocycles. The quantitative estimate of drug-likeness (QED) is 0.803. The van der Waals surface area contributed by atoms with Crippen LogP contribution in [0.3, 0.4) is 0 Å². The van der Waals surface area contributed by atoms with Crippen LogP contribution in [-0.4, -0.2) is 71.8 Å². The van der Waals surface area contributed by atoms with E-state index in [1.54, 1.807) is 11.9 Å². The highest BCUT2D eigenvalue weighted by Crippen LogP contribution is 2.34. The fourth-order valence-corrected chi connectivity index (χ4v) is 5.25. The number of likely N-dealkylation sites (N-methyl/N-ethyl adjacent to an activating group) is 1. The number of hydrogen-bond donors (Lipinski definition) is 1. The third-order valence-corrected chi connectivity index (χ3v) is 6.92. The zero-order valence-corrected chi connectivity index (χ0v) is 18.9. The largest absolute Gasteiger partial charge is 0.343 e. The molecule has 5 rings (SSSR count). The lowest BCUT2D eigenvalue weighted by Crippen LogP contribution is -2.66. The number of anilines is 1. The molecule has 4 atom stereocenters. The predicted molar refractivity (Wildman–Crippen MR) is 124 cm³/mol. The monoisotopic (exact) mass is 433 g/mol. The summed E-state index contributed by atoms with van der Waals surface area (Å²) < 4.78 is 0. The summed E-state index contributed by atoms with van der Waals surface area (Å²) in [5, 5.41) is 3.59. The lowest BCUT2D eigenvalue weighted by molar-refractivity contribution is -0.138. The van der Waals surface area contributed by atoms with Crippen molar-refractivity contribution in [1.82, 2.24) is 20.0 Å². The summed E-state index contributed by atoms with van der Waals surface area (Å²) in [6.07, 6.45) is 0.218. The Bertz CT molecular complexity index is 995. The van der Waals surface area contributed by atoms with E-state index in [0.717, 1.165) is 24.3 Å². The number of hydrogen-bond acceptors (Lipinski definition) is 5. The maximum Gasteiger partial charge on any atom is 0.327 e. The van der Waals surface area contributed by atoms with Gasteiger partial charge in [-0.1, -0.05) is 55.0 Å². The summed E-state index contributed by atoms with van der Waals surface area (Å²) in [4.78, 5) is 34.4. The van der Waals surface area contributed by atoms with Crippen molar-refractivity contribution in [3.8, 4) is 0 Å². The molecule has 7 nitrogen and oxygen atoms in total. The average molecular weight is 434 g/mol. The van der Waals surface area contributed by atoms with Crippen molar-refractivity contribution in [3.63, 3.8) is 0 Å². The topological polar surface area (TPSA) is 59.1 Å². The van der Waals surface area contributed by atoms with E-state index in [1.165, 1.54) is 10.5 Å². The second-order valence-corrected chi connectivity index (χ2v) is 9.34. The molecule has 7 heteroatoms. The first-order valence-corrected chi connectivity index (χ1v) is 11.4. The minimum Gasteiger partial charge on any atom is -0.343 e. The number of nitrogens with one attached hydrogen (secondary N) is 1. The molecular weight excluding hydrogens is 402 g/mol. The molecule has 0 saturated carbocycles. The van der Waals surface area contributed by atoms with Crippen molar-refractivity contribution in [2.75, 3.05) is 31.6 Å². The van der Waals surface area contributed by atoms with Gasteiger partial charge in [0.05, 0.1) is 0 Å². The number of rotatable bonds is 4. The van der Waals surface area contributed by atoms with Crippen LogP contribution in [0.5, 0.6) is 0 Å². The Morgan fingerprint density at radius 1 is 1.00 bits per heavy atom. The van der Waals surface area contributed by atoms with Crippen LogP contribution in [0.15, 0.2) is 54.6 Å². The summed E-state index contributed by atoms with van der Waals surface area (Å²) in [6.45, 7) is 6.42. The first kappa shape index (κ1) is 21.0. The van der Waals surface area contributed by atoms with Crippen molar-refractivity contribution < 1.29 is 9.59 Å². The molecule has 0 aliphatic carbocycles. The van der Waals surface area contributed by atoms with Crippen LogP contribution in [0.25, 0.3) is 0 Å². The Hall–Kier alpha value is -2.90. The molecule has 0 spiro atoms. The number of urea groups is 1. The highest BCUT2D eigenvalue weighted by atomic mass is 16.2. The number of imide groups is 1. The zero-order chi connectivity index (χ0) is 22.4. The number of carbonyl (C=O) groups is 2. The summed E-state index contributed by atoms with van der Waals surface area (Å²) in [7, 11) is 1.80. The SMILES string of the molecule is Cc1ccc(N2CC(C)CN3C4C(=O)N(CCc5ccccc5)C(=O)N(C)C4NC23)cc1. The van der Waals surface area contributed by atoms with Gasteiger partial charge < -0.3 is 9.80 Å². The van der Waals surface area contributed by atoms with Crippen LogP contribution in [0, 0.1) is 12.8 Å². The first-order valence-electron chi connectivity index (χ1n) is 11.4. The maximum atomic E-state index is 13.6. The number of nitrogens with zero attached hydrogens (tertiary/aromatic N) is 4. The van der Waals surface area contributed by atoms with Gasteiger partial charge in [0.25, 0.3) is 5.91 Å². The second-order valence-electron chi connectivity index (χ2n) is 9.34. The lowest BCUT2D eigenvalue weighted by atomic mass is 10.0. The van der Waals surface area contributed by atoms with Gasteiger partial charge in [0, 0.05) is 32.4 Å². The Balaban J connectivity index is 1.40. The first-order chi connectivity index (χ1) is 15.4. The van der Waals surface area contributed by atoms with E-state index in [-0.39, 0.29) is 30.4 Å². The summed E-state index contributed by atoms with van der Waals surface area (Å²) in [5.74, 6) is 0.309. The lowest BCUT2D eigenvalue weighted by Gasteiger charge is -2.46. The number of aryl methyl sites for hydroxylation is 1. The molecule has 3 amide bonds. The number of carbonyl (C=O) groups excluding carboxylic acids is 2. The highest BCUT2D eigenvalue weighted by molar-refractivity contribution is 6.00. The third-order valence-electron chi connectivity index (χ3n) is 6.92. The van der Waals surface area contributed by atoms with Gasteiger partial charge in [0.15, 0.2) is 0 Å². The molecule has 3 heterocycles. The smallest absolute Gasteiger partial charge is 0.327 e. The van der Waals surface area contributed by atoms with Gasteiger partial charge in [0.2, 0.25) is 0 Å². The van der Waals surface area contributed by atoms with E-state index >= 15 is 0 Å². The maximum absolute atomic E-state index is 13.6. The molecule has 0 bridgehead atoms. The molecule has 3 saturated heterocycles. The Kier molecular flexibility index (Phi) is 5.39. The standard InChI is InChI=1S/C25H31N5O2/c1-17-9-11-20(12-10-17)29-15-18(2)16-30-21-22(26-24(29)30)27(3)25(32)28(23(21)31)14-13-19-7-5-4-6-8-19/h4-12,18,21-22,24,26H,13-16H2,1-3H3. The van der Waals surface area contributed by atoms with Gasteiger partial charge in [-0.3, -0.25) is 19.9 Å². The van der Waals surface area contributed by atoms with Gasteiger partial charge in [-0.25, -0.2) is 4.79 Å². The molecule has 1 N–H and O–H groups in total. The molecule has 0 radical (unpaired) electrons. The highest BCUT2D eigenvalue weighted by Gasteiger charge is 2.56.